The van der Waals surface area contributed by atoms with Crippen molar-refractivity contribution in [3.63, 3.8) is 0 Å². The van der Waals surface area contributed by atoms with Gasteiger partial charge in [0.2, 0.25) is 0 Å². The Morgan fingerprint density at radius 2 is 2.11 bits per heavy atom. The number of benzene rings is 2. The van der Waals surface area contributed by atoms with Gasteiger partial charge in [-0.25, -0.2) is 5.01 Å². The Kier molecular flexibility index (Phi) is 4.92. The third-order valence-electron chi connectivity index (χ3n) is 4.27. The predicted molar refractivity (Wildman–Crippen MR) is 110 cm³/mol. The molecule has 0 saturated carbocycles. The number of hydrogen-bond donors (Lipinski definition) is 1. The molecule has 27 heavy (non-hydrogen) atoms. The summed E-state index contributed by atoms with van der Waals surface area (Å²) in [4.78, 5) is 17.8. The number of carbonyl (C=O) groups excluding carboxylic acids is 1. The monoisotopic (exact) mass is 444 g/mol. The van der Waals surface area contributed by atoms with Gasteiger partial charge in [-0.3, -0.25) is 15.1 Å². The molecule has 2 aliphatic rings. The Bertz CT molecular complexity index is 1070. The minimum atomic E-state index is -0.483. The summed E-state index contributed by atoms with van der Waals surface area (Å²) in [5.41, 5.74) is 1.34. The van der Waals surface area contributed by atoms with Crippen LogP contribution in [0, 0.1) is 0 Å². The van der Waals surface area contributed by atoms with Gasteiger partial charge in [-0.2, -0.15) is 0 Å². The van der Waals surface area contributed by atoms with E-state index in [0.717, 1.165) is 26.4 Å². The van der Waals surface area contributed by atoms with Gasteiger partial charge in [0, 0.05) is 15.3 Å². The van der Waals surface area contributed by atoms with Crippen molar-refractivity contribution in [2.24, 2.45) is 10.1 Å². The van der Waals surface area contributed by atoms with Crippen LogP contribution >= 0.6 is 27.7 Å². The molecule has 2 aromatic rings. The molecule has 2 heterocycles. The van der Waals surface area contributed by atoms with Crippen molar-refractivity contribution in [2.45, 2.75) is 13.1 Å². The Balaban J connectivity index is 1.99. The first-order valence-corrected chi connectivity index (χ1v) is 10.2. The van der Waals surface area contributed by atoms with Crippen LogP contribution in [0.1, 0.15) is 18.7 Å². The zero-order chi connectivity index (χ0) is 19.0. The second kappa shape index (κ2) is 7.36. The Morgan fingerprint density at radius 3 is 2.89 bits per heavy atom. The summed E-state index contributed by atoms with van der Waals surface area (Å²) in [6, 6.07) is 13.4. The molecule has 0 fully saturated rings. The number of hydrogen-bond acceptors (Lipinski definition) is 6. The molecular formula is C19H17BrN4O2S. The maximum Gasteiger partial charge on any atom is 0.276 e. The van der Waals surface area contributed by atoms with E-state index in [-0.39, 0.29) is 5.91 Å². The summed E-state index contributed by atoms with van der Waals surface area (Å²) >= 11 is 4.97. The number of halogens is 1. The molecule has 0 radical (unpaired) electrons. The summed E-state index contributed by atoms with van der Waals surface area (Å²) in [6.07, 6.45) is -0.483. The van der Waals surface area contributed by atoms with Crippen molar-refractivity contribution < 1.29 is 9.53 Å². The van der Waals surface area contributed by atoms with E-state index < -0.39 is 6.17 Å². The number of amidine groups is 1. The highest BCUT2D eigenvalue weighted by atomic mass is 79.9. The van der Waals surface area contributed by atoms with E-state index in [1.807, 2.05) is 49.4 Å². The summed E-state index contributed by atoms with van der Waals surface area (Å²) in [6.45, 7) is 2.02. The number of thioether (sulfide) groups is 1. The SMILES string of the molecule is CCSC1=NN2C(=c3cc(Br)ccc3=N[C@@H]2c2ccccc2OC)C(=O)N1. The van der Waals surface area contributed by atoms with Gasteiger partial charge in [-0.05, 0) is 30.0 Å². The maximum atomic E-state index is 12.9. The fourth-order valence-corrected chi connectivity index (χ4v) is 4.08. The fraction of sp³-hybridized carbons (Fsp3) is 0.211. The van der Waals surface area contributed by atoms with E-state index >= 15 is 0 Å². The highest BCUT2D eigenvalue weighted by molar-refractivity contribution is 9.10. The van der Waals surface area contributed by atoms with Crippen LogP contribution in [0.5, 0.6) is 5.75 Å². The minimum absolute atomic E-state index is 0.185. The maximum absolute atomic E-state index is 12.9. The van der Waals surface area contributed by atoms with Gasteiger partial charge in [0.15, 0.2) is 11.3 Å². The molecule has 0 spiro atoms. The van der Waals surface area contributed by atoms with Gasteiger partial charge in [-0.1, -0.05) is 52.8 Å². The number of para-hydroxylation sites is 1. The molecular weight excluding hydrogens is 428 g/mol. The summed E-state index contributed by atoms with van der Waals surface area (Å²) in [5.74, 6) is 1.33. The van der Waals surface area contributed by atoms with E-state index in [9.17, 15) is 4.79 Å². The Labute approximate surface area is 169 Å². The molecule has 6 nitrogen and oxygen atoms in total. The van der Waals surface area contributed by atoms with Gasteiger partial charge >= 0.3 is 0 Å². The normalized spacial score (nSPS) is 18.1. The number of nitrogens with one attached hydrogen (secondary N) is 1. The van der Waals surface area contributed by atoms with Crippen molar-refractivity contribution >= 4 is 44.5 Å². The van der Waals surface area contributed by atoms with Gasteiger partial charge in [0.1, 0.15) is 11.4 Å². The molecule has 2 aliphatic heterocycles. The molecule has 0 aliphatic carbocycles. The predicted octanol–water partition coefficient (Wildman–Crippen LogP) is 2.35. The van der Waals surface area contributed by atoms with Crippen LogP contribution in [0.3, 0.4) is 0 Å². The van der Waals surface area contributed by atoms with Crippen molar-refractivity contribution in [2.75, 3.05) is 12.9 Å². The van der Waals surface area contributed by atoms with Gasteiger partial charge in [-0.15, -0.1) is 5.10 Å². The number of fused-ring (bicyclic) bond motifs is 2. The third kappa shape index (κ3) is 3.23. The number of carbonyl (C=O) groups is 1. The molecule has 8 heteroatoms. The zero-order valence-electron chi connectivity index (χ0n) is 14.8. The highest BCUT2D eigenvalue weighted by Gasteiger charge is 2.35. The highest BCUT2D eigenvalue weighted by Crippen LogP contribution is 2.35. The Hall–Kier alpha value is -2.32. The lowest BCUT2D eigenvalue weighted by atomic mass is 10.1. The third-order valence-corrected chi connectivity index (χ3v) is 5.51. The molecule has 1 N–H and O–H groups in total. The van der Waals surface area contributed by atoms with E-state index in [1.54, 1.807) is 12.1 Å². The lowest BCUT2D eigenvalue weighted by Gasteiger charge is -2.34. The van der Waals surface area contributed by atoms with E-state index in [1.165, 1.54) is 11.8 Å². The average Bonchev–Trinajstić information content (AvgIpc) is 2.67. The van der Waals surface area contributed by atoms with E-state index in [4.69, 9.17) is 9.73 Å². The summed E-state index contributed by atoms with van der Waals surface area (Å²) < 4.78 is 6.41. The van der Waals surface area contributed by atoms with Crippen LogP contribution in [0.4, 0.5) is 0 Å². The quantitative estimate of drug-likeness (QED) is 0.788. The molecule has 0 aromatic heterocycles. The summed E-state index contributed by atoms with van der Waals surface area (Å²) in [7, 11) is 1.63. The number of nitrogens with zero attached hydrogens (tertiary/aromatic N) is 3. The standard InChI is InChI=1S/C19H17BrN4O2S/c1-3-27-19-22-18(25)16-13-10-11(20)8-9-14(13)21-17(24(16)23-19)12-6-4-5-7-15(12)26-2/h4-10,17H,3H2,1-2H3,(H,22,23,25)/t17-/m0/s1. The second-order valence-electron chi connectivity index (χ2n) is 5.89. The van der Waals surface area contributed by atoms with Crippen LogP contribution in [0.25, 0.3) is 5.70 Å². The molecule has 138 valence electrons. The molecule has 2 aromatic carbocycles. The van der Waals surface area contributed by atoms with Crippen LogP contribution in [-0.4, -0.2) is 28.9 Å². The van der Waals surface area contributed by atoms with Gasteiger partial charge < -0.3 is 4.74 Å². The summed E-state index contributed by atoms with van der Waals surface area (Å²) in [5, 5.41) is 11.3. The zero-order valence-corrected chi connectivity index (χ0v) is 17.2. The topological polar surface area (TPSA) is 66.3 Å². The lowest BCUT2D eigenvalue weighted by Crippen LogP contribution is -2.50. The molecule has 0 saturated heterocycles. The van der Waals surface area contributed by atoms with E-state index in [0.29, 0.717) is 16.6 Å². The number of amides is 1. The molecule has 1 atom stereocenters. The molecule has 1 amide bonds. The number of hydrazone groups is 1. The van der Waals surface area contributed by atoms with Crippen molar-refractivity contribution in [1.82, 2.24) is 10.3 Å². The van der Waals surface area contributed by atoms with Gasteiger partial charge in [0.25, 0.3) is 5.91 Å². The average molecular weight is 445 g/mol. The molecule has 4 rings (SSSR count). The largest absolute Gasteiger partial charge is 0.496 e. The minimum Gasteiger partial charge on any atom is -0.496 e. The van der Waals surface area contributed by atoms with Crippen molar-refractivity contribution in [3.05, 3.63) is 63.1 Å². The Morgan fingerprint density at radius 1 is 1.30 bits per heavy atom. The van der Waals surface area contributed by atoms with Crippen molar-refractivity contribution in [3.8, 4) is 5.75 Å². The first-order valence-electron chi connectivity index (χ1n) is 8.45. The molecule has 0 bridgehead atoms. The first-order chi connectivity index (χ1) is 13.1. The van der Waals surface area contributed by atoms with Crippen LogP contribution < -0.4 is 20.6 Å². The number of ether oxygens (including phenoxy) is 1. The van der Waals surface area contributed by atoms with Gasteiger partial charge in [0.05, 0.1) is 12.5 Å². The van der Waals surface area contributed by atoms with E-state index in [2.05, 4.69) is 26.3 Å². The van der Waals surface area contributed by atoms with Crippen LogP contribution in [0.15, 0.2) is 57.0 Å². The first kappa shape index (κ1) is 18.1. The fourth-order valence-electron chi connectivity index (χ4n) is 3.14. The smallest absolute Gasteiger partial charge is 0.276 e. The number of rotatable bonds is 3. The molecule has 0 unspecified atom stereocenters. The van der Waals surface area contributed by atoms with Crippen molar-refractivity contribution in [1.29, 1.82) is 0 Å². The van der Waals surface area contributed by atoms with Crippen LogP contribution in [0.2, 0.25) is 0 Å². The van der Waals surface area contributed by atoms with Crippen LogP contribution in [-0.2, 0) is 4.79 Å². The number of methoxy groups -OCH3 is 1. The second-order valence-corrected chi connectivity index (χ2v) is 8.06. The lowest BCUT2D eigenvalue weighted by molar-refractivity contribution is -0.116.